The number of fused-ring (bicyclic) bond motifs is 1. The first-order valence-electron chi connectivity index (χ1n) is 22.8. The van der Waals surface area contributed by atoms with E-state index in [1.807, 2.05) is 121 Å². The number of hydrogen-bond donors (Lipinski definition) is 0. The highest BCUT2D eigenvalue weighted by molar-refractivity contribution is 5.90. The number of rotatable bonds is 18. The van der Waals surface area contributed by atoms with Crippen molar-refractivity contribution in [2.75, 3.05) is 20.3 Å². The fraction of sp³-hybridized carbons (Fsp3) is 0.309. The monoisotopic (exact) mass is 922 g/mol. The molecule has 3 heterocycles. The zero-order valence-corrected chi connectivity index (χ0v) is 37.5. The van der Waals surface area contributed by atoms with Gasteiger partial charge in [0.05, 0.1) is 44.2 Å². The maximum Gasteiger partial charge on any atom is 0.338 e. The van der Waals surface area contributed by atoms with Crippen LogP contribution in [0, 0.1) is 0 Å². The normalized spacial score (nSPS) is 26.8. The minimum atomic E-state index is -1.36. The van der Waals surface area contributed by atoms with Crippen LogP contribution in [-0.4, -0.2) is 93.7 Å². The number of carbonyl (C=O) groups excluding carboxylic acids is 2. The SMILES string of the molecule is CO[C@H]1O[C@H](CO[C@@H]2O[C@@H]3CO[C@@H](c4ccccc4)O[C@H]3[C@H](OC(=O)c3ccccc3)[C@H]2OC(=O)c2ccccc2)[C@@H](OCc2ccccc2)[C@H](OCc2ccccc2)[C@H]1OCc1ccccc1. The van der Waals surface area contributed by atoms with E-state index in [2.05, 4.69) is 0 Å². The average Bonchev–Trinajstić information content (AvgIpc) is 3.40. The molecular weight excluding hydrogens is 869 g/mol. The Morgan fingerprint density at radius 2 is 0.926 bits per heavy atom. The van der Waals surface area contributed by atoms with Crippen molar-refractivity contribution in [3.8, 4) is 0 Å². The van der Waals surface area contributed by atoms with Crippen LogP contribution in [0.1, 0.15) is 49.3 Å². The second-order valence-electron chi connectivity index (χ2n) is 16.6. The third kappa shape index (κ3) is 11.8. The van der Waals surface area contributed by atoms with Crippen LogP contribution in [-0.2, 0) is 71.9 Å². The van der Waals surface area contributed by atoms with Gasteiger partial charge in [-0.25, -0.2) is 9.59 Å². The van der Waals surface area contributed by atoms with E-state index in [0.29, 0.717) is 0 Å². The van der Waals surface area contributed by atoms with Crippen molar-refractivity contribution < 1.29 is 61.7 Å². The molecule has 0 spiro atoms. The summed E-state index contributed by atoms with van der Waals surface area (Å²) in [4.78, 5) is 28.1. The van der Waals surface area contributed by atoms with Crippen molar-refractivity contribution in [3.05, 3.63) is 215 Å². The largest absolute Gasteiger partial charge is 0.452 e. The highest BCUT2D eigenvalue weighted by atomic mass is 16.8. The van der Waals surface area contributed by atoms with E-state index in [-0.39, 0.29) is 44.2 Å². The van der Waals surface area contributed by atoms with Crippen LogP contribution >= 0.6 is 0 Å². The van der Waals surface area contributed by atoms with Crippen LogP contribution in [0.3, 0.4) is 0 Å². The predicted octanol–water partition coefficient (Wildman–Crippen LogP) is 8.42. The van der Waals surface area contributed by atoms with Gasteiger partial charge in [0.1, 0.15) is 36.6 Å². The third-order valence-electron chi connectivity index (χ3n) is 12.0. The molecule has 68 heavy (non-hydrogen) atoms. The highest BCUT2D eigenvalue weighted by Gasteiger charge is 2.56. The van der Waals surface area contributed by atoms with Crippen molar-refractivity contribution in [1.82, 2.24) is 0 Å². The molecule has 0 N–H and O–H groups in total. The quantitative estimate of drug-likeness (QED) is 0.0765. The fourth-order valence-electron chi connectivity index (χ4n) is 8.51. The molecule has 0 unspecified atom stereocenters. The van der Waals surface area contributed by atoms with Crippen molar-refractivity contribution in [2.24, 2.45) is 0 Å². The van der Waals surface area contributed by atoms with Gasteiger partial charge in [-0.3, -0.25) is 0 Å². The molecule has 0 saturated carbocycles. The second kappa shape index (κ2) is 23.3. The van der Waals surface area contributed by atoms with Crippen LogP contribution < -0.4 is 0 Å². The lowest BCUT2D eigenvalue weighted by molar-refractivity contribution is -0.369. The number of methoxy groups -OCH3 is 1. The van der Waals surface area contributed by atoms with E-state index in [4.69, 9.17) is 52.1 Å². The van der Waals surface area contributed by atoms with Crippen LogP contribution in [0.15, 0.2) is 182 Å². The zero-order valence-electron chi connectivity index (χ0n) is 37.5. The molecule has 0 radical (unpaired) electrons. The van der Waals surface area contributed by atoms with Gasteiger partial charge in [-0.1, -0.05) is 158 Å². The van der Waals surface area contributed by atoms with Crippen molar-refractivity contribution in [2.45, 2.75) is 87.5 Å². The van der Waals surface area contributed by atoms with Crippen molar-refractivity contribution >= 4 is 11.9 Å². The molecule has 0 aromatic heterocycles. The van der Waals surface area contributed by atoms with Gasteiger partial charge >= 0.3 is 11.9 Å². The van der Waals surface area contributed by atoms with Gasteiger partial charge in [0.15, 0.2) is 31.1 Å². The number of hydrogen-bond acceptors (Lipinski definition) is 13. The van der Waals surface area contributed by atoms with E-state index in [1.54, 1.807) is 67.8 Å². The first kappa shape index (κ1) is 47.0. The van der Waals surface area contributed by atoms with Crippen LogP contribution in [0.5, 0.6) is 0 Å². The molecule has 3 fully saturated rings. The standard InChI is InChI=1S/C55H54O13/c1-58-54-49(61-34-39-24-12-4-13-25-39)47(60-33-38-22-10-3-11-23-38)45(59-32-37-20-8-2-9-21-37)43(64-54)35-63-55-50(67-52(57)41-28-16-6-17-29-41)48(66-51(56)40-26-14-5-15-27-40)46-44(65-55)36-62-53(68-46)42-30-18-7-19-31-42/h2-31,43-50,53-55H,32-36H2,1H3/t43-,44-,45-,46-,47+,48+,49-,50-,53-,54+,55-/m1/s1. The Kier molecular flexibility index (Phi) is 16.1. The zero-order chi connectivity index (χ0) is 46.5. The molecule has 0 bridgehead atoms. The molecule has 9 rings (SSSR count). The summed E-state index contributed by atoms with van der Waals surface area (Å²) in [7, 11) is 1.54. The molecule has 3 aliphatic heterocycles. The van der Waals surface area contributed by atoms with Gasteiger partial charge in [0, 0.05) is 12.7 Å². The minimum Gasteiger partial charge on any atom is -0.452 e. The maximum atomic E-state index is 14.1. The van der Waals surface area contributed by atoms with Crippen molar-refractivity contribution in [3.63, 3.8) is 0 Å². The lowest BCUT2D eigenvalue weighted by atomic mass is 9.96. The second-order valence-corrected chi connectivity index (χ2v) is 16.6. The molecule has 13 heteroatoms. The summed E-state index contributed by atoms with van der Waals surface area (Å²) >= 11 is 0. The number of benzene rings is 6. The molecule has 3 saturated heterocycles. The predicted molar refractivity (Wildman–Crippen MR) is 247 cm³/mol. The van der Waals surface area contributed by atoms with E-state index < -0.39 is 79.6 Å². The Bertz CT molecular complexity index is 2450. The Labute approximate surface area is 395 Å². The lowest BCUT2D eigenvalue weighted by Gasteiger charge is -2.49. The molecule has 11 atom stereocenters. The smallest absolute Gasteiger partial charge is 0.338 e. The Hall–Kier alpha value is -6.10. The molecule has 6 aromatic carbocycles. The molecule has 3 aliphatic rings. The maximum absolute atomic E-state index is 14.1. The molecule has 0 aliphatic carbocycles. The van der Waals surface area contributed by atoms with Gasteiger partial charge in [-0.05, 0) is 41.0 Å². The van der Waals surface area contributed by atoms with Gasteiger partial charge < -0.3 is 52.1 Å². The Morgan fingerprint density at radius 3 is 1.44 bits per heavy atom. The molecule has 13 nitrogen and oxygen atoms in total. The van der Waals surface area contributed by atoms with Crippen LogP contribution in [0.25, 0.3) is 0 Å². The lowest BCUT2D eigenvalue weighted by Crippen LogP contribution is -2.65. The van der Waals surface area contributed by atoms with Crippen molar-refractivity contribution in [1.29, 1.82) is 0 Å². The first-order chi connectivity index (χ1) is 33.5. The minimum absolute atomic E-state index is 0.0349. The van der Waals surface area contributed by atoms with E-state index in [1.165, 1.54) is 0 Å². The number of esters is 2. The summed E-state index contributed by atoms with van der Waals surface area (Å²) in [5, 5.41) is 0. The molecular formula is C55H54O13. The van der Waals surface area contributed by atoms with Gasteiger partial charge in [-0.2, -0.15) is 0 Å². The Morgan fingerprint density at radius 1 is 0.471 bits per heavy atom. The highest BCUT2D eigenvalue weighted by Crippen LogP contribution is 2.38. The van der Waals surface area contributed by atoms with E-state index in [9.17, 15) is 9.59 Å². The Balaban J connectivity index is 1.04. The summed E-state index contributed by atoms with van der Waals surface area (Å²) < 4.78 is 71.9. The summed E-state index contributed by atoms with van der Waals surface area (Å²) in [5.74, 6) is -1.35. The number of carbonyl (C=O) groups is 2. The topological polar surface area (TPSA) is 136 Å². The molecule has 0 amide bonds. The summed E-state index contributed by atoms with van der Waals surface area (Å²) in [6.45, 7) is 0.530. The van der Waals surface area contributed by atoms with Gasteiger partial charge in [0.25, 0.3) is 0 Å². The number of ether oxygens (including phenoxy) is 11. The van der Waals surface area contributed by atoms with Crippen LogP contribution in [0.4, 0.5) is 0 Å². The van der Waals surface area contributed by atoms with Crippen LogP contribution in [0.2, 0.25) is 0 Å². The summed E-state index contributed by atoms with van der Waals surface area (Å²) in [6.07, 6.45) is -10.7. The molecule has 6 aromatic rings. The van der Waals surface area contributed by atoms with Gasteiger partial charge in [-0.15, -0.1) is 0 Å². The van der Waals surface area contributed by atoms with Gasteiger partial charge in [0.2, 0.25) is 0 Å². The summed E-state index contributed by atoms with van der Waals surface area (Å²) in [5.41, 5.74) is 4.12. The average molecular weight is 923 g/mol. The summed E-state index contributed by atoms with van der Waals surface area (Å²) in [6, 6.07) is 55.9. The first-order valence-corrected chi connectivity index (χ1v) is 22.8. The fourth-order valence-corrected chi connectivity index (χ4v) is 8.51. The van der Waals surface area contributed by atoms with E-state index >= 15 is 0 Å². The third-order valence-corrected chi connectivity index (χ3v) is 12.0. The molecule has 352 valence electrons. The van der Waals surface area contributed by atoms with E-state index in [0.717, 1.165) is 22.3 Å².